The molecular formula is C9H12N2O4. The van der Waals surface area contributed by atoms with Gasteiger partial charge in [0.15, 0.2) is 6.10 Å². The molecule has 6 heteroatoms. The van der Waals surface area contributed by atoms with Gasteiger partial charge in [0.1, 0.15) is 12.4 Å². The average Bonchev–Trinajstić information content (AvgIpc) is 2.28. The second-order valence-electron chi connectivity index (χ2n) is 2.81. The largest absolute Gasteiger partial charge is 0.464 e. The van der Waals surface area contributed by atoms with E-state index in [0.717, 1.165) is 0 Å². The number of rotatable bonds is 4. The topological polar surface area (TPSA) is 92.5 Å². The molecule has 0 bridgehead atoms. The van der Waals surface area contributed by atoms with Gasteiger partial charge in [-0.05, 0) is 6.92 Å². The first-order chi connectivity index (χ1) is 7.16. The first kappa shape index (κ1) is 11.5. The van der Waals surface area contributed by atoms with Crippen LogP contribution in [0.3, 0.4) is 0 Å². The highest BCUT2D eigenvalue weighted by Gasteiger charge is 2.27. The van der Waals surface area contributed by atoms with Crippen LogP contribution in [-0.2, 0) is 9.53 Å². The normalized spacial score (nSPS) is 14.3. The Bertz CT molecular complexity index is 317. The Morgan fingerprint density at radius 3 is 2.60 bits per heavy atom. The summed E-state index contributed by atoms with van der Waals surface area (Å²) in [5.41, 5.74) is 0.262. The summed E-state index contributed by atoms with van der Waals surface area (Å²) in [7, 11) is 0. The van der Waals surface area contributed by atoms with Crippen molar-refractivity contribution < 1.29 is 19.7 Å². The third-order valence-electron chi connectivity index (χ3n) is 1.75. The van der Waals surface area contributed by atoms with E-state index in [9.17, 15) is 15.0 Å². The molecule has 0 aliphatic heterocycles. The smallest absolute Gasteiger partial charge is 0.338 e. The lowest BCUT2D eigenvalue weighted by molar-refractivity contribution is -0.159. The summed E-state index contributed by atoms with van der Waals surface area (Å²) in [5.74, 6) is -0.867. The number of aliphatic hydroxyl groups excluding tert-OH is 2. The van der Waals surface area contributed by atoms with Gasteiger partial charge in [0, 0.05) is 18.0 Å². The van der Waals surface area contributed by atoms with Crippen molar-refractivity contribution in [1.82, 2.24) is 9.97 Å². The number of ether oxygens (including phenoxy) is 1. The van der Waals surface area contributed by atoms with Gasteiger partial charge in [0.2, 0.25) is 0 Å². The lowest BCUT2D eigenvalue weighted by atomic mass is 10.1. The van der Waals surface area contributed by atoms with Crippen LogP contribution in [-0.4, -0.2) is 38.9 Å². The van der Waals surface area contributed by atoms with Crippen molar-refractivity contribution >= 4 is 5.97 Å². The zero-order valence-corrected chi connectivity index (χ0v) is 8.20. The number of aliphatic hydroxyl groups is 2. The molecule has 0 saturated carbocycles. The van der Waals surface area contributed by atoms with E-state index in [1.165, 1.54) is 18.7 Å². The minimum atomic E-state index is -1.61. The molecule has 1 aromatic rings. The van der Waals surface area contributed by atoms with Gasteiger partial charge in [0.25, 0.3) is 0 Å². The standard InChI is InChI=1S/C9H12N2O4/c1-2-15-9(14)8(13)7(12)6-3-10-5-11-4-6/h3-5,7-8,12-13H,2H2,1H3/t7-,8+/m1/s1. The fourth-order valence-electron chi connectivity index (χ4n) is 1.00. The van der Waals surface area contributed by atoms with Crippen molar-refractivity contribution in [1.29, 1.82) is 0 Å². The molecule has 0 fully saturated rings. The average molecular weight is 212 g/mol. The van der Waals surface area contributed by atoms with E-state index >= 15 is 0 Å². The Morgan fingerprint density at radius 1 is 1.47 bits per heavy atom. The summed E-state index contributed by atoms with van der Waals surface area (Å²) in [4.78, 5) is 18.4. The van der Waals surface area contributed by atoms with Crippen LogP contribution in [0.2, 0.25) is 0 Å². The lowest BCUT2D eigenvalue weighted by Crippen LogP contribution is -2.30. The fourth-order valence-corrected chi connectivity index (χ4v) is 1.00. The molecule has 6 nitrogen and oxygen atoms in total. The molecule has 0 aliphatic carbocycles. The fraction of sp³-hybridized carbons (Fsp3) is 0.444. The van der Waals surface area contributed by atoms with Crippen molar-refractivity contribution in [3.63, 3.8) is 0 Å². The van der Waals surface area contributed by atoms with E-state index in [2.05, 4.69) is 14.7 Å². The van der Waals surface area contributed by atoms with Crippen LogP contribution in [0.5, 0.6) is 0 Å². The molecule has 1 aromatic heterocycles. The zero-order chi connectivity index (χ0) is 11.3. The maximum atomic E-state index is 11.1. The number of carbonyl (C=O) groups is 1. The minimum Gasteiger partial charge on any atom is -0.464 e. The first-order valence-corrected chi connectivity index (χ1v) is 4.44. The van der Waals surface area contributed by atoms with E-state index in [1.807, 2.05) is 0 Å². The van der Waals surface area contributed by atoms with Crippen LogP contribution in [0.1, 0.15) is 18.6 Å². The molecule has 1 heterocycles. The van der Waals surface area contributed by atoms with Crippen LogP contribution >= 0.6 is 0 Å². The molecular weight excluding hydrogens is 200 g/mol. The number of hydrogen-bond acceptors (Lipinski definition) is 6. The summed E-state index contributed by atoms with van der Waals surface area (Å²) in [6, 6.07) is 0. The van der Waals surface area contributed by atoms with Gasteiger partial charge in [-0.2, -0.15) is 0 Å². The van der Waals surface area contributed by atoms with E-state index in [4.69, 9.17) is 0 Å². The summed E-state index contributed by atoms with van der Waals surface area (Å²) < 4.78 is 4.56. The third kappa shape index (κ3) is 2.97. The molecule has 0 aromatic carbocycles. The molecule has 82 valence electrons. The highest BCUT2D eigenvalue weighted by atomic mass is 16.5. The van der Waals surface area contributed by atoms with Crippen molar-refractivity contribution in [3.8, 4) is 0 Å². The Kier molecular flexibility index (Phi) is 4.14. The summed E-state index contributed by atoms with van der Waals surface area (Å²) >= 11 is 0. The van der Waals surface area contributed by atoms with Gasteiger partial charge >= 0.3 is 5.97 Å². The SMILES string of the molecule is CCOC(=O)[C@@H](O)[C@H](O)c1cncnc1. The quantitative estimate of drug-likeness (QED) is 0.649. The predicted octanol–water partition coefficient (Wildman–Crippen LogP) is -0.566. The van der Waals surface area contributed by atoms with Crippen molar-refractivity contribution in [2.24, 2.45) is 0 Å². The van der Waals surface area contributed by atoms with Gasteiger partial charge < -0.3 is 14.9 Å². The Balaban J connectivity index is 2.68. The Labute approximate surface area is 86.6 Å². The van der Waals surface area contributed by atoms with E-state index in [1.54, 1.807) is 6.92 Å². The monoisotopic (exact) mass is 212 g/mol. The van der Waals surface area contributed by atoms with Crippen LogP contribution < -0.4 is 0 Å². The zero-order valence-electron chi connectivity index (χ0n) is 8.20. The first-order valence-electron chi connectivity index (χ1n) is 4.44. The number of carbonyl (C=O) groups excluding carboxylic acids is 1. The van der Waals surface area contributed by atoms with Crippen LogP contribution in [0.25, 0.3) is 0 Å². The summed E-state index contributed by atoms with van der Waals surface area (Å²) in [5, 5.41) is 18.9. The van der Waals surface area contributed by atoms with Gasteiger partial charge in [-0.1, -0.05) is 0 Å². The summed E-state index contributed by atoms with van der Waals surface area (Å²) in [6.45, 7) is 1.76. The van der Waals surface area contributed by atoms with Crippen molar-refractivity contribution in [2.45, 2.75) is 19.1 Å². The van der Waals surface area contributed by atoms with Gasteiger partial charge in [0.05, 0.1) is 6.61 Å². The predicted molar refractivity (Wildman–Crippen MR) is 49.6 cm³/mol. The highest BCUT2D eigenvalue weighted by molar-refractivity contribution is 5.75. The molecule has 2 N–H and O–H groups in total. The minimum absolute atomic E-state index is 0.147. The molecule has 0 aliphatic rings. The van der Waals surface area contributed by atoms with Crippen LogP contribution in [0, 0.1) is 0 Å². The van der Waals surface area contributed by atoms with Crippen molar-refractivity contribution in [3.05, 3.63) is 24.3 Å². The maximum absolute atomic E-state index is 11.1. The number of esters is 1. The highest BCUT2D eigenvalue weighted by Crippen LogP contribution is 2.15. The maximum Gasteiger partial charge on any atom is 0.338 e. The number of aromatic nitrogens is 2. The molecule has 0 saturated heterocycles. The molecule has 15 heavy (non-hydrogen) atoms. The molecule has 0 spiro atoms. The van der Waals surface area contributed by atoms with Gasteiger partial charge in [-0.25, -0.2) is 14.8 Å². The van der Waals surface area contributed by atoms with E-state index in [-0.39, 0.29) is 12.2 Å². The second-order valence-corrected chi connectivity index (χ2v) is 2.81. The number of nitrogens with zero attached hydrogens (tertiary/aromatic N) is 2. The van der Waals surface area contributed by atoms with Crippen molar-refractivity contribution in [2.75, 3.05) is 6.61 Å². The van der Waals surface area contributed by atoms with E-state index in [0.29, 0.717) is 0 Å². The molecule has 0 radical (unpaired) electrons. The summed E-state index contributed by atoms with van der Waals surface area (Å²) in [6.07, 6.45) is 0.939. The van der Waals surface area contributed by atoms with Gasteiger partial charge in [-0.3, -0.25) is 0 Å². The van der Waals surface area contributed by atoms with Crippen LogP contribution in [0.4, 0.5) is 0 Å². The van der Waals surface area contributed by atoms with Crippen LogP contribution in [0.15, 0.2) is 18.7 Å². The lowest BCUT2D eigenvalue weighted by Gasteiger charge is -2.15. The number of hydrogen-bond donors (Lipinski definition) is 2. The molecule has 2 atom stereocenters. The Hall–Kier alpha value is -1.53. The molecule has 0 unspecified atom stereocenters. The third-order valence-corrected chi connectivity index (χ3v) is 1.75. The Morgan fingerprint density at radius 2 is 2.07 bits per heavy atom. The van der Waals surface area contributed by atoms with Gasteiger partial charge in [-0.15, -0.1) is 0 Å². The van der Waals surface area contributed by atoms with E-state index < -0.39 is 18.2 Å². The molecule has 0 amide bonds. The molecule has 1 rings (SSSR count). The second kappa shape index (κ2) is 5.38.